The number of halogens is 1. The first-order valence-corrected chi connectivity index (χ1v) is 7.55. The number of rotatable bonds is 6. The molecule has 0 saturated heterocycles. The van der Waals surface area contributed by atoms with Gasteiger partial charge < -0.3 is 5.32 Å². The zero-order chi connectivity index (χ0) is 17.2. The van der Waals surface area contributed by atoms with Gasteiger partial charge >= 0.3 is 0 Å². The predicted octanol–water partition coefficient (Wildman–Crippen LogP) is 6.02. The lowest BCUT2D eigenvalue weighted by molar-refractivity contribution is 0.647. The summed E-state index contributed by atoms with van der Waals surface area (Å²) in [5.41, 5.74) is 2.06. The van der Waals surface area contributed by atoms with Gasteiger partial charge in [0.2, 0.25) is 0 Å². The second-order valence-electron chi connectivity index (χ2n) is 5.10. The molecular weight excluding hydrogens is 285 g/mol. The molecule has 0 spiro atoms. The minimum atomic E-state index is -0.501. The molecule has 0 heterocycles. The van der Waals surface area contributed by atoms with Gasteiger partial charge in [-0.25, -0.2) is 4.39 Å². The average Bonchev–Trinajstić information content (AvgIpc) is 2.58. The third kappa shape index (κ3) is 5.95. The first-order valence-electron chi connectivity index (χ1n) is 7.55. The van der Waals surface area contributed by atoms with E-state index in [0.29, 0.717) is 12.1 Å². The van der Waals surface area contributed by atoms with Crippen molar-refractivity contribution in [2.45, 2.75) is 13.3 Å². The van der Waals surface area contributed by atoms with Crippen LogP contribution in [0.1, 0.15) is 18.9 Å². The molecule has 0 aliphatic rings. The number of hydrogen-bond acceptors (Lipinski definition) is 1. The number of benzene rings is 2. The summed E-state index contributed by atoms with van der Waals surface area (Å²) in [7, 11) is 0. The van der Waals surface area contributed by atoms with Crippen LogP contribution in [0.25, 0.3) is 16.5 Å². The quantitative estimate of drug-likeness (QED) is 0.508. The van der Waals surface area contributed by atoms with E-state index in [1.165, 1.54) is 5.39 Å². The maximum Gasteiger partial charge on any atom is 0.120 e. The third-order valence-corrected chi connectivity index (χ3v) is 3.29. The number of hydrogen-bond donors (Lipinski definition) is 1. The highest BCUT2D eigenvalue weighted by Crippen LogP contribution is 2.19. The lowest BCUT2D eigenvalue weighted by Gasteiger charge is -2.11. The maximum absolute atomic E-state index is 12.8. The molecule has 0 unspecified atom stereocenters. The summed E-state index contributed by atoms with van der Waals surface area (Å²) in [5, 5.41) is 5.38. The van der Waals surface area contributed by atoms with Crippen LogP contribution in [0.5, 0.6) is 0 Å². The number of nitrogens with one attached hydrogen (secondary N) is 1. The zero-order valence-electron chi connectivity index (χ0n) is 13.7. The first-order chi connectivity index (χ1) is 11.0. The minimum Gasteiger partial charge on any atom is -0.381 e. The Bertz CT molecular complexity index is 713. The molecule has 0 radical (unpaired) electrons. The molecule has 0 saturated carbocycles. The van der Waals surface area contributed by atoms with Gasteiger partial charge in [0.1, 0.15) is 5.83 Å². The second kappa shape index (κ2) is 9.42. The van der Waals surface area contributed by atoms with Crippen molar-refractivity contribution in [3.05, 3.63) is 91.8 Å². The monoisotopic (exact) mass is 309 g/mol. The first kappa shape index (κ1) is 18.4. The number of fused-ring (bicyclic) bond motifs is 1. The van der Waals surface area contributed by atoms with Crippen LogP contribution in [0.3, 0.4) is 0 Å². The molecule has 0 aromatic heterocycles. The van der Waals surface area contributed by atoms with Crippen LogP contribution in [-0.2, 0) is 0 Å². The third-order valence-electron chi connectivity index (χ3n) is 3.29. The Kier molecular flexibility index (Phi) is 7.55. The molecule has 2 aromatic rings. The highest BCUT2D eigenvalue weighted by Gasteiger charge is 2.02. The summed E-state index contributed by atoms with van der Waals surface area (Å²) in [6.07, 6.45) is 2.96. The SMILES string of the molecule is C=C(F)C(=C)CNC(=C)c1ccc2ccccc2c1.C=CCC. The highest BCUT2D eigenvalue weighted by atomic mass is 19.1. The van der Waals surface area contributed by atoms with Crippen molar-refractivity contribution in [1.82, 2.24) is 5.32 Å². The molecule has 1 N–H and O–H groups in total. The fraction of sp³-hybridized carbons (Fsp3) is 0.143. The van der Waals surface area contributed by atoms with Crippen molar-refractivity contribution in [2.75, 3.05) is 6.54 Å². The van der Waals surface area contributed by atoms with Crippen LogP contribution in [0.4, 0.5) is 4.39 Å². The van der Waals surface area contributed by atoms with Crippen LogP contribution in [-0.4, -0.2) is 6.54 Å². The summed E-state index contributed by atoms with van der Waals surface area (Å²) in [6.45, 7) is 16.6. The molecule has 23 heavy (non-hydrogen) atoms. The van der Waals surface area contributed by atoms with Gasteiger partial charge in [-0.15, -0.1) is 6.58 Å². The molecule has 0 atom stereocenters. The fourth-order valence-corrected chi connectivity index (χ4v) is 1.79. The van der Waals surface area contributed by atoms with Crippen molar-refractivity contribution in [3.8, 4) is 0 Å². The van der Waals surface area contributed by atoms with E-state index in [-0.39, 0.29) is 0 Å². The molecule has 0 amide bonds. The Morgan fingerprint density at radius 1 is 1.09 bits per heavy atom. The topological polar surface area (TPSA) is 12.0 Å². The lowest BCUT2D eigenvalue weighted by atomic mass is 10.1. The fourth-order valence-electron chi connectivity index (χ4n) is 1.79. The summed E-state index contributed by atoms with van der Waals surface area (Å²) < 4.78 is 12.8. The minimum absolute atomic E-state index is 0.307. The molecule has 0 aliphatic carbocycles. The van der Waals surface area contributed by atoms with Gasteiger partial charge in [-0.05, 0) is 34.4 Å². The van der Waals surface area contributed by atoms with E-state index < -0.39 is 5.83 Å². The van der Waals surface area contributed by atoms with E-state index >= 15 is 0 Å². The Balaban J connectivity index is 0.000000593. The van der Waals surface area contributed by atoms with Crippen LogP contribution < -0.4 is 5.32 Å². The van der Waals surface area contributed by atoms with Crippen LogP contribution in [0, 0.1) is 0 Å². The Labute approximate surface area is 138 Å². The van der Waals surface area contributed by atoms with Crippen molar-refractivity contribution >= 4 is 16.5 Å². The largest absolute Gasteiger partial charge is 0.381 e. The average molecular weight is 309 g/mol. The number of allylic oxidation sites excluding steroid dienone is 1. The summed E-state index contributed by atoms with van der Waals surface area (Å²) in [6, 6.07) is 14.2. The summed E-state index contributed by atoms with van der Waals surface area (Å²) in [5.74, 6) is -0.501. The molecule has 120 valence electrons. The molecule has 0 aliphatic heterocycles. The molecule has 0 bridgehead atoms. The maximum atomic E-state index is 12.8. The van der Waals surface area contributed by atoms with Gasteiger partial charge in [0, 0.05) is 12.2 Å². The van der Waals surface area contributed by atoms with Crippen LogP contribution in [0.15, 0.2) is 86.3 Å². The molecule has 2 heteroatoms. The Morgan fingerprint density at radius 3 is 2.26 bits per heavy atom. The Hall–Kier alpha value is -2.61. The highest BCUT2D eigenvalue weighted by molar-refractivity contribution is 5.85. The van der Waals surface area contributed by atoms with E-state index in [1.54, 1.807) is 0 Å². The van der Waals surface area contributed by atoms with Gasteiger partial charge in [0.05, 0.1) is 0 Å². The molecule has 2 rings (SSSR count). The van der Waals surface area contributed by atoms with E-state index in [0.717, 1.165) is 23.1 Å². The van der Waals surface area contributed by atoms with Gasteiger partial charge in [-0.2, -0.15) is 0 Å². The van der Waals surface area contributed by atoms with Crippen molar-refractivity contribution in [1.29, 1.82) is 0 Å². The van der Waals surface area contributed by atoms with E-state index in [1.807, 2.05) is 30.3 Å². The molecular formula is C21H24FN. The summed E-state index contributed by atoms with van der Waals surface area (Å²) >= 11 is 0. The van der Waals surface area contributed by atoms with Crippen molar-refractivity contribution in [3.63, 3.8) is 0 Å². The van der Waals surface area contributed by atoms with Gasteiger partial charge in [0.25, 0.3) is 0 Å². The molecule has 1 nitrogen and oxygen atoms in total. The molecule has 0 fully saturated rings. The van der Waals surface area contributed by atoms with Gasteiger partial charge in [-0.3, -0.25) is 0 Å². The van der Waals surface area contributed by atoms with Crippen LogP contribution in [0.2, 0.25) is 0 Å². The zero-order valence-corrected chi connectivity index (χ0v) is 13.7. The van der Waals surface area contributed by atoms with E-state index in [2.05, 4.69) is 56.8 Å². The predicted molar refractivity (Wildman–Crippen MR) is 101 cm³/mol. The molecule has 2 aromatic carbocycles. The summed E-state index contributed by atoms with van der Waals surface area (Å²) in [4.78, 5) is 0. The van der Waals surface area contributed by atoms with Crippen LogP contribution >= 0.6 is 0 Å². The van der Waals surface area contributed by atoms with Gasteiger partial charge in [-0.1, -0.05) is 69.1 Å². The smallest absolute Gasteiger partial charge is 0.120 e. The van der Waals surface area contributed by atoms with Gasteiger partial charge in [0.15, 0.2) is 0 Å². The van der Waals surface area contributed by atoms with E-state index in [9.17, 15) is 4.39 Å². The van der Waals surface area contributed by atoms with Crippen molar-refractivity contribution in [2.24, 2.45) is 0 Å². The van der Waals surface area contributed by atoms with Crippen molar-refractivity contribution < 1.29 is 4.39 Å². The standard InChI is InChI=1S/C17H16FN.C4H8/c1-12(13(2)18)11-19-14(3)16-9-8-15-6-4-5-7-17(15)10-16;1-3-4-2/h4-10,19H,1-3,11H2;3H,1,4H2,2H3. The van der Waals surface area contributed by atoms with E-state index in [4.69, 9.17) is 0 Å². The lowest BCUT2D eigenvalue weighted by Crippen LogP contribution is -2.14. The normalized spacial score (nSPS) is 9.48. The second-order valence-corrected chi connectivity index (χ2v) is 5.10. The Morgan fingerprint density at radius 2 is 1.70 bits per heavy atom.